The third-order valence-corrected chi connectivity index (χ3v) is 2.77. The van der Waals surface area contributed by atoms with Crippen LogP contribution in [0.5, 0.6) is 5.75 Å². The highest BCUT2D eigenvalue weighted by Crippen LogP contribution is 2.18. The lowest BCUT2D eigenvalue weighted by Crippen LogP contribution is -2.28. The van der Waals surface area contributed by atoms with Crippen molar-refractivity contribution < 1.29 is 13.9 Å². The average molecular weight is 280 g/mol. The van der Waals surface area contributed by atoms with Gasteiger partial charge in [-0.2, -0.15) is 0 Å². The van der Waals surface area contributed by atoms with Crippen molar-refractivity contribution in [3.8, 4) is 5.75 Å². The lowest BCUT2D eigenvalue weighted by molar-refractivity contribution is -0.122. The molecule has 1 amide bonds. The molecule has 0 aliphatic rings. The molecule has 1 aromatic carbocycles. The predicted octanol–water partition coefficient (Wildman–Crippen LogP) is 1.79. The summed E-state index contributed by atoms with van der Waals surface area (Å²) in [7, 11) is 0. The number of halogens is 1. The van der Waals surface area contributed by atoms with Gasteiger partial charge in [0.25, 0.3) is 5.91 Å². The van der Waals surface area contributed by atoms with Crippen LogP contribution in [0.2, 0.25) is 0 Å². The first-order valence-corrected chi connectivity index (χ1v) is 6.60. The van der Waals surface area contributed by atoms with Gasteiger partial charge in [-0.25, -0.2) is 4.39 Å². The molecule has 4 nitrogen and oxygen atoms in total. The van der Waals surface area contributed by atoms with E-state index < -0.39 is 5.82 Å². The van der Waals surface area contributed by atoms with Crippen molar-refractivity contribution in [1.82, 2.24) is 5.32 Å². The average Bonchev–Trinajstić information content (AvgIpc) is 2.42. The molecule has 0 spiro atoms. The number of ether oxygens (including phenoxy) is 1. The largest absolute Gasteiger partial charge is 0.484 e. The van der Waals surface area contributed by atoms with Crippen molar-refractivity contribution in [2.75, 3.05) is 13.2 Å². The second-order valence-corrected chi connectivity index (χ2v) is 4.55. The van der Waals surface area contributed by atoms with E-state index >= 15 is 0 Å². The van der Waals surface area contributed by atoms with E-state index in [0.29, 0.717) is 18.7 Å². The molecule has 0 heterocycles. The SMILES string of the molecule is C=CCNC(=O)COc1cc(F)cc(CC(N)CC)c1. The van der Waals surface area contributed by atoms with E-state index in [1.165, 1.54) is 12.1 Å². The highest BCUT2D eigenvalue weighted by atomic mass is 19.1. The van der Waals surface area contributed by atoms with Crippen LogP contribution in [-0.2, 0) is 11.2 Å². The van der Waals surface area contributed by atoms with Crippen molar-refractivity contribution in [2.24, 2.45) is 5.73 Å². The summed E-state index contributed by atoms with van der Waals surface area (Å²) in [6.45, 7) is 5.69. The quantitative estimate of drug-likeness (QED) is 0.714. The third-order valence-electron chi connectivity index (χ3n) is 2.77. The summed E-state index contributed by atoms with van der Waals surface area (Å²) in [6.07, 6.45) is 2.97. The second-order valence-electron chi connectivity index (χ2n) is 4.55. The Hall–Kier alpha value is -1.88. The third kappa shape index (κ3) is 5.84. The molecule has 0 saturated carbocycles. The number of amides is 1. The summed E-state index contributed by atoms with van der Waals surface area (Å²) in [5.41, 5.74) is 6.61. The molecule has 0 fully saturated rings. The Morgan fingerprint density at radius 3 is 2.95 bits per heavy atom. The van der Waals surface area contributed by atoms with Gasteiger partial charge in [-0.1, -0.05) is 13.0 Å². The Morgan fingerprint density at radius 2 is 2.30 bits per heavy atom. The molecular weight excluding hydrogens is 259 g/mol. The molecule has 0 radical (unpaired) electrons. The van der Waals surface area contributed by atoms with E-state index in [4.69, 9.17) is 10.5 Å². The Balaban J connectivity index is 2.61. The number of nitrogens with two attached hydrogens (primary N) is 1. The smallest absolute Gasteiger partial charge is 0.258 e. The van der Waals surface area contributed by atoms with E-state index in [-0.39, 0.29) is 18.6 Å². The number of nitrogens with one attached hydrogen (secondary N) is 1. The zero-order valence-electron chi connectivity index (χ0n) is 11.7. The summed E-state index contributed by atoms with van der Waals surface area (Å²) in [6, 6.07) is 4.38. The number of hydrogen-bond donors (Lipinski definition) is 2. The van der Waals surface area contributed by atoms with Gasteiger partial charge in [0.05, 0.1) is 0 Å². The van der Waals surface area contributed by atoms with Crippen molar-refractivity contribution in [3.63, 3.8) is 0 Å². The number of benzene rings is 1. The maximum absolute atomic E-state index is 13.5. The summed E-state index contributed by atoms with van der Waals surface area (Å²) >= 11 is 0. The molecule has 0 aliphatic heterocycles. The summed E-state index contributed by atoms with van der Waals surface area (Å²) < 4.78 is 18.7. The van der Waals surface area contributed by atoms with E-state index in [2.05, 4.69) is 11.9 Å². The topological polar surface area (TPSA) is 64.3 Å². The fourth-order valence-corrected chi connectivity index (χ4v) is 1.65. The Labute approximate surface area is 118 Å². The standard InChI is InChI=1S/C15H21FN2O2/c1-3-5-18-15(19)10-20-14-8-11(6-12(16)9-14)7-13(17)4-2/h3,6,8-9,13H,1,4-5,7,10,17H2,2H3,(H,18,19). The number of carbonyl (C=O) groups is 1. The van der Waals surface area contributed by atoms with E-state index in [1.807, 2.05) is 6.92 Å². The molecule has 0 bridgehead atoms. The molecule has 5 heteroatoms. The molecule has 0 saturated heterocycles. The van der Waals surface area contributed by atoms with E-state index in [9.17, 15) is 9.18 Å². The maximum atomic E-state index is 13.5. The molecule has 1 rings (SSSR count). The van der Waals surface area contributed by atoms with Gasteiger partial charge in [0.15, 0.2) is 6.61 Å². The Morgan fingerprint density at radius 1 is 1.55 bits per heavy atom. The fourth-order valence-electron chi connectivity index (χ4n) is 1.65. The molecule has 1 atom stereocenters. The van der Waals surface area contributed by atoms with Gasteiger partial charge in [0.2, 0.25) is 0 Å². The predicted molar refractivity (Wildman–Crippen MR) is 77.1 cm³/mol. The highest BCUT2D eigenvalue weighted by molar-refractivity contribution is 5.77. The number of rotatable bonds is 8. The molecular formula is C15H21FN2O2. The van der Waals surface area contributed by atoms with Crippen molar-refractivity contribution >= 4 is 5.91 Å². The normalized spacial score (nSPS) is 11.8. The summed E-state index contributed by atoms with van der Waals surface area (Å²) in [5.74, 6) is -0.342. The van der Waals surface area contributed by atoms with Gasteiger partial charge < -0.3 is 15.8 Å². The van der Waals surface area contributed by atoms with Crippen LogP contribution in [0.1, 0.15) is 18.9 Å². The lowest BCUT2D eigenvalue weighted by Gasteiger charge is -2.11. The van der Waals surface area contributed by atoms with Crippen molar-refractivity contribution in [3.05, 3.63) is 42.2 Å². The highest BCUT2D eigenvalue weighted by Gasteiger charge is 2.07. The molecule has 0 aromatic heterocycles. The van der Waals surface area contributed by atoms with Crippen molar-refractivity contribution in [1.29, 1.82) is 0 Å². The van der Waals surface area contributed by atoms with Crippen LogP contribution < -0.4 is 15.8 Å². The fraction of sp³-hybridized carbons (Fsp3) is 0.400. The first-order valence-electron chi connectivity index (χ1n) is 6.60. The second kappa shape index (κ2) is 8.32. The Kier molecular flexibility index (Phi) is 6.73. The van der Waals surface area contributed by atoms with Gasteiger partial charge in [0.1, 0.15) is 11.6 Å². The zero-order valence-corrected chi connectivity index (χ0v) is 11.7. The minimum Gasteiger partial charge on any atom is -0.484 e. The van der Waals surface area contributed by atoms with Gasteiger partial charge in [0, 0.05) is 18.7 Å². The van der Waals surface area contributed by atoms with Crippen LogP contribution >= 0.6 is 0 Å². The Bertz CT molecular complexity index is 463. The maximum Gasteiger partial charge on any atom is 0.258 e. The molecule has 3 N–H and O–H groups in total. The molecule has 110 valence electrons. The molecule has 1 unspecified atom stereocenters. The minimum absolute atomic E-state index is 0.0134. The van der Waals surface area contributed by atoms with Crippen LogP contribution in [0.15, 0.2) is 30.9 Å². The van der Waals surface area contributed by atoms with Crippen molar-refractivity contribution in [2.45, 2.75) is 25.8 Å². The monoisotopic (exact) mass is 280 g/mol. The van der Waals surface area contributed by atoms with Crippen LogP contribution in [0, 0.1) is 5.82 Å². The van der Waals surface area contributed by atoms with Crippen LogP contribution in [-0.4, -0.2) is 25.1 Å². The number of hydrogen-bond acceptors (Lipinski definition) is 3. The van der Waals surface area contributed by atoms with Gasteiger partial charge in [-0.05, 0) is 30.5 Å². The van der Waals surface area contributed by atoms with E-state index in [0.717, 1.165) is 12.0 Å². The van der Waals surface area contributed by atoms with Gasteiger partial charge in [-0.3, -0.25) is 4.79 Å². The molecule has 1 aromatic rings. The van der Waals surface area contributed by atoms with Gasteiger partial charge >= 0.3 is 0 Å². The van der Waals surface area contributed by atoms with Crippen LogP contribution in [0.25, 0.3) is 0 Å². The van der Waals surface area contributed by atoms with Crippen LogP contribution in [0.4, 0.5) is 4.39 Å². The van der Waals surface area contributed by atoms with Gasteiger partial charge in [-0.15, -0.1) is 6.58 Å². The van der Waals surface area contributed by atoms with E-state index in [1.54, 1.807) is 12.1 Å². The van der Waals surface area contributed by atoms with Crippen LogP contribution in [0.3, 0.4) is 0 Å². The number of carbonyl (C=O) groups excluding carboxylic acids is 1. The summed E-state index contributed by atoms with van der Waals surface area (Å²) in [5, 5.41) is 2.58. The first kappa shape index (κ1) is 16.2. The molecule has 0 aliphatic carbocycles. The first-order chi connectivity index (χ1) is 9.55. The zero-order chi connectivity index (χ0) is 15.0. The summed E-state index contributed by atoms with van der Waals surface area (Å²) in [4.78, 5) is 11.4. The lowest BCUT2D eigenvalue weighted by atomic mass is 10.0. The molecule has 20 heavy (non-hydrogen) atoms. The minimum atomic E-state index is -0.396.